The van der Waals surface area contributed by atoms with Crippen LogP contribution in [0.3, 0.4) is 0 Å². The van der Waals surface area contributed by atoms with Gasteiger partial charge in [-0.3, -0.25) is 4.79 Å². The highest BCUT2D eigenvalue weighted by Gasteiger charge is 2.17. The Balaban J connectivity index is 1.83. The predicted octanol–water partition coefficient (Wildman–Crippen LogP) is 3.90. The molecule has 2 aromatic rings. The monoisotopic (exact) mass is 346 g/mol. The summed E-state index contributed by atoms with van der Waals surface area (Å²) in [7, 11) is 0. The third kappa shape index (κ3) is 5.16. The number of benzene rings is 1. The number of nitrogens with one attached hydrogen (secondary N) is 1. The van der Waals surface area contributed by atoms with E-state index < -0.39 is 5.97 Å². The zero-order valence-corrected chi connectivity index (χ0v) is 15.0. The minimum atomic E-state index is -0.396. The molecule has 0 saturated heterocycles. The van der Waals surface area contributed by atoms with Crippen molar-refractivity contribution < 1.29 is 14.3 Å². The zero-order chi connectivity index (χ0) is 17.5. The molecular formula is C18H22N2O3S. The smallest absolute Gasteiger partial charge is 0.350 e. The summed E-state index contributed by atoms with van der Waals surface area (Å²) < 4.78 is 4.97. The lowest BCUT2D eigenvalue weighted by molar-refractivity contribution is -0.116. The van der Waals surface area contributed by atoms with E-state index in [1.54, 1.807) is 13.8 Å². The van der Waals surface area contributed by atoms with Crippen molar-refractivity contribution >= 4 is 28.3 Å². The molecule has 0 aliphatic rings. The fraction of sp³-hybridized carbons (Fsp3) is 0.389. The maximum atomic E-state index is 12.0. The number of carbonyl (C=O) groups excluding carboxylic acids is 2. The first-order chi connectivity index (χ1) is 11.5. The molecule has 0 aliphatic heterocycles. The molecule has 1 amide bonds. The normalized spacial score (nSPS) is 10.5. The summed E-state index contributed by atoms with van der Waals surface area (Å²) in [6.45, 7) is 5.86. The minimum Gasteiger partial charge on any atom is -0.462 e. The number of nitrogens with zero attached hydrogens (tertiary/aromatic N) is 1. The third-order valence-corrected chi connectivity index (χ3v) is 4.55. The lowest BCUT2D eigenvalue weighted by atomic mass is 10.1. The SMILES string of the molecule is CCOC(=O)c1sc(NC(=O)CCCc2ccc(C)cc2)nc1C. The standard InChI is InChI=1S/C18H22N2O3S/c1-4-23-17(22)16-13(3)19-18(24-16)20-15(21)7-5-6-14-10-8-12(2)9-11-14/h8-11H,4-7H2,1-3H3,(H,19,20,21). The molecule has 0 saturated carbocycles. The van der Waals surface area contributed by atoms with Gasteiger partial charge in [-0.25, -0.2) is 9.78 Å². The van der Waals surface area contributed by atoms with Crippen LogP contribution in [0.15, 0.2) is 24.3 Å². The highest BCUT2D eigenvalue weighted by Crippen LogP contribution is 2.23. The molecule has 0 atom stereocenters. The second-order valence-corrected chi connectivity index (χ2v) is 6.54. The lowest BCUT2D eigenvalue weighted by Gasteiger charge is -2.03. The van der Waals surface area contributed by atoms with E-state index in [0.29, 0.717) is 28.7 Å². The number of rotatable bonds is 7. The van der Waals surface area contributed by atoms with Crippen molar-refractivity contribution in [3.8, 4) is 0 Å². The number of carbonyl (C=O) groups is 2. The molecule has 128 valence electrons. The van der Waals surface area contributed by atoms with Gasteiger partial charge in [0.25, 0.3) is 0 Å². The Kier molecular flexibility index (Phi) is 6.49. The van der Waals surface area contributed by atoms with E-state index >= 15 is 0 Å². The van der Waals surface area contributed by atoms with Crippen LogP contribution in [-0.2, 0) is 16.0 Å². The molecule has 1 aromatic carbocycles. The summed E-state index contributed by atoms with van der Waals surface area (Å²) in [6, 6.07) is 8.32. The van der Waals surface area contributed by atoms with Gasteiger partial charge in [0, 0.05) is 6.42 Å². The number of aryl methyl sites for hydroxylation is 3. The number of aromatic nitrogens is 1. The average Bonchev–Trinajstić information content (AvgIpc) is 2.90. The van der Waals surface area contributed by atoms with Gasteiger partial charge < -0.3 is 10.1 Å². The zero-order valence-electron chi connectivity index (χ0n) is 14.2. The van der Waals surface area contributed by atoms with Gasteiger partial charge in [0.05, 0.1) is 12.3 Å². The van der Waals surface area contributed by atoms with Crippen molar-refractivity contribution in [2.75, 3.05) is 11.9 Å². The summed E-state index contributed by atoms with van der Waals surface area (Å²) in [5.41, 5.74) is 3.03. The molecule has 0 aliphatic carbocycles. The molecule has 0 fully saturated rings. The van der Waals surface area contributed by atoms with Gasteiger partial charge in [-0.2, -0.15) is 0 Å². The van der Waals surface area contributed by atoms with Gasteiger partial charge >= 0.3 is 5.97 Å². The van der Waals surface area contributed by atoms with E-state index in [9.17, 15) is 9.59 Å². The molecule has 5 nitrogen and oxygen atoms in total. The third-order valence-electron chi connectivity index (χ3n) is 3.49. The lowest BCUT2D eigenvalue weighted by Crippen LogP contribution is -2.11. The fourth-order valence-electron chi connectivity index (χ4n) is 2.23. The van der Waals surface area contributed by atoms with Crippen molar-refractivity contribution in [3.63, 3.8) is 0 Å². The molecule has 0 unspecified atom stereocenters. The largest absolute Gasteiger partial charge is 0.462 e. The maximum absolute atomic E-state index is 12.0. The van der Waals surface area contributed by atoms with Crippen molar-refractivity contribution in [3.05, 3.63) is 46.0 Å². The van der Waals surface area contributed by atoms with E-state index in [0.717, 1.165) is 24.2 Å². The number of amides is 1. The van der Waals surface area contributed by atoms with E-state index in [2.05, 4.69) is 41.5 Å². The van der Waals surface area contributed by atoms with Gasteiger partial charge in [0.2, 0.25) is 5.91 Å². The molecule has 1 N–H and O–H groups in total. The van der Waals surface area contributed by atoms with Crippen molar-refractivity contribution in [1.29, 1.82) is 0 Å². The number of anilines is 1. The summed E-state index contributed by atoms with van der Waals surface area (Å²) in [4.78, 5) is 28.4. The Morgan fingerprint density at radius 1 is 1.21 bits per heavy atom. The Labute approximate surface area is 146 Å². The maximum Gasteiger partial charge on any atom is 0.350 e. The molecule has 0 bridgehead atoms. The van der Waals surface area contributed by atoms with Crippen LogP contribution >= 0.6 is 11.3 Å². The highest BCUT2D eigenvalue weighted by molar-refractivity contribution is 7.17. The number of ether oxygens (including phenoxy) is 1. The second-order valence-electron chi connectivity index (χ2n) is 5.54. The quantitative estimate of drug-likeness (QED) is 0.772. The van der Waals surface area contributed by atoms with E-state index in [-0.39, 0.29) is 5.91 Å². The average molecular weight is 346 g/mol. The Bertz CT molecular complexity index is 708. The van der Waals surface area contributed by atoms with Crippen molar-refractivity contribution in [2.45, 2.75) is 40.0 Å². The molecule has 1 aromatic heterocycles. The van der Waals surface area contributed by atoms with E-state index in [1.165, 1.54) is 11.1 Å². The van der Waals surface area contributed by atoms with E-state index in [1.807, 2.05) is 0 Å². The Hall–Kier alpha value is -2.21. The molecule has 24 heavy (non-hydrogen) atoms. The van der Waals surface area contributed by atoms with Crippen molar-refractivity contribution in [2.24, 2.45) is 0 Å². The van der Waals surface area contributed by atoms with Crippen LogP contribution in [0, 0.1) is 13.8 Å². The number of hydrogen-bond donors (Lipinski definition) is 1. The molecule has 1 heterocycles. The molecule has 0 radical (unpaired) electrons. The van der Waals surface area contributed by atoms with Crippen LogP contribution in [0.2, 0.25) is 0 Å². The first-order valence-electron chi connectivity index (χ1n) is 7.99. The minimum absolute atomic E-state index is 0.0914. The molecule has 0 spiro atoms. The number of esters is 1. The molecule has 6 heteroatoms. The van der Waals surface area contributed by atoms with E-state index in [4.69, 9.17) is 4.74 Å². The highest BCUT2D eigenvalue weighted by atomic mass is 32.1. The fourth-order valence-corrected chi connectivity index (χ4v) is 3.10. The van der Waals surface area contributed by atoms with Crippen LogP contribution in [0.5, 0.6) is 0 Å². The summed E-state index contributed by atoms with van der Waals surface area (Å²) in [5.74, 6) is -0.487. The summed E-state index contributed by atoms with van der Waals surface area (Å²) >= 11 is 1.15. The van der Waals surface area contributed by atoms with Crippen LogP contribution in [0.1, 0.15) is 46.3 Å². The first-order valence-corrected chi connectivity index (χ1v) is 8.81. The molecule has 2 rings (SSSR count). The predicted molar refractivity (Wildman–Crippen MR) is 95.6 cm³/mol. The Morgan fingerprint density at radius 3 is 2.58 bits per heavy atom. The van der Waals surface area contributed by atoms with Crippen molar-refractivity contribution in [1.82, 2.24) is 4.98 Å². The van der Waals surface area contributed by atoms with Gasteiger partial charge in [-0.05, 0) is 39.2 Å². The molecular weight excluding hydrogens is 324 g/mol. The Morgan fingerprint density at radius 2 is 1.92 bits per heavy atom. The second kappa shape index (κ2) is 8.59. The van der Waals surface area contributed by atoms with Gasteiger partial charge in [-0.1, -0.05) is 41.2 Å². The number of thiazole rings is 1. The van der Waals surface area contributed by atoms with Gasteiger partial charge in [-0.15, -0.1) is 0 Å². The summed E-state index contributed by atoms with van der Waals surface area (Å²) in [5, 5.41) is 3.20. The van der Waals surface area contributed by atoms with Crippen LogP contribution in [-0.4, -0.2) is 23.5 Å². The van der Waals surface area contributed by atoms with Crippen LogP contribution in [0.25, 0.3) is 0 Å². The topological polar surface area (TPSA) is 68.3 Å². The van der Waals surface area contributed by atoms with Crippen LogP contribution < -0.4 is 5.32 Å². The van der Waals surface area contributed by atoms with Gasteiger partial charge in [0.15, 0.2) is 5.13 Å². The first kappa shape index (κ1) is 18.1. The number of hydrogen-bond acceptors (Lipinski definition) is 5. The van der Waals surface area contributed by atoms with Gasteiger partial charge in [0.1, 0.15) is 4.88 Å². The summed E-state index contributed by atoms with van der Waals surface area (Å²) in [6.07, 6.45) is 2.05. The van der Waals surface area contributed by atoms with Crippen LogP contribution in [0.4, 0.5) is 5.13 Å².